The van der Waals surface area contributed by atoms with Crippen molar-refractivity contribution in [2.45, 2.75) is 32.9 Å². The molecule has 2 aromatic rings. The standard InChI is InChI=1S/C15H20N4O2/c1-10-5-6-14(21-4)13(7-10)11(2)18-15(20)12(3)19-9-16-8-17-19/h5-9,11-12H,1-4H3,(H,18,20)/t11-,12-/m0/s1. The lowest BCUT2D eigenvalue weighted by atomic mass is 10.0. The van der Waals surface area contributed by atoms with Crippen molar-refractivity contribution in [3.63, 3.8) is 0 Å². The minimum absolute atomic E-state index is 0.114. The number of benzene rings is 1. The van der Waals surface area contributed by atoms with Gasteiger partial charge in [-0.25, -0.2) is 9.67 Å². The molecule has 2 atom stereocenters. The molecule has 0 fully saturated rings. The van der Waals surface area contributed by atoms with Gasteiger partial charge in [-0.05, 0) is 26.8 Å². The fraction of sp³-hybridized carbons (Fsp3) is 0.400. The average Bonchev–Trinajstić information content (AvgIpc) is 3.00. The number of nitrogens with zero attached hydrogens (tertiary/aromatic N) is 3. The van der Waals surface area contributed by atoms with Crippen LogP contribution in [0.25, 0.3) is 0 Å². The van der Waals surface area contributed by atoms with Crippen LogP contribution in [0, 0.1) is 6.92 Å². The third kappa shape index (κ3) is 3.39. The number of rotatable bonds is 5. The maximum atomic E-state index is 12.3. The fourth-order valence-corrected chi connectivity index (χ4v) is 2.14. The minimum atomic E-state index is -0.411. The molecule has 0 radical (unpaired) electrons. The quantitative estimate of drug-likeness (QED) is 0.914. The molecule has 2 rings (SSSR count). The normalized spacial score (nSPS) is 13.5. The van der Waals surface area contributed by atoms with Gasteiger partial charge in [-0.3, -0.25) is 4.79 Å². The van der Waals surface area contributed by atoms with Gasteiger partial charge in [0.1, 0.15) is 24.4 Å². The van der Waals surface area contributed by atoms with E-state index in [0.29, 0.717) is 0 Å². The lowest BCUT2D eigenvalue weighted by Crippen LogP contribution is -2.33. The zero-order valence-corrected chi connectivity index (χ0v) is 12.7. The molecule has 1 aromatic heterocycles. The summed E-state index contributed by atoms with van der Waals surface area (Å²) in [7, 11) is 1.63. The maximum absolute atomic E-state index is 12.3. The number of hydrogen-bond donors (Lipinski definition) is 1. The molecule has 6 nitrogen and oxygen atoms in total. The Labute approximate surface area is 124 Å². The van der Waals surface area contributed by atoms with Crippen LogP contribution in [0.3, 0.4) is 0 Å². The van der Waals surface area contributed by atoms with Gasteiger partial charge in [0.25, 0.3) is 0 Å². The molecule has 0 aliphatic heterocycles. The number of carbonyl (C=O) groups is 1. The number of nitrogens with one attached hydrogen (secondary N) is 1. The second-order valence-electron chi connectivity index (χ2n) is 5.03. The third-order valence-corrected chi connectivity index (χ3v) is 3.42. The Kier molecular flexibility index (Phi) is 4.57. The first kappa shape index (κ1) is 15.0. The molecule has 21 heavy (non-hydrogen) atoms. The van der Waals surface area contributed by atoms with Crippen LogP contribution in [-0.2, 0) is 4.79 Å². The highest BCUT2D eigenvalue weighted by Crippen LogP contribution is 2.26. The smallest absolute Gasteiger partial charge is 0.245 e. The Morgan fingerprint density at radius 3 is 2.76 bits per heavy atom. The molecular formula is C15H20N4O2. The second-order valence-corrected chi connectivity index (χ2v) is 5.03. The summed E-state index contributed by atoms with van der Waals surface area (Å²) in [6.45, 7) is 5.73. The van der Waals surface area contributed by atoms with Crippen molar-refractivity contribution in [3.05, 3.63) is 42.0 Å². The van der Waals surface area contributed by atoms with Crippen molar-refractivity contribution in [2.75, 3.05) is 7.11 Å². The number of ether oxygens (including phenoxy) is 1. The van der Waals surface area contributed by atoms with Gasteiger partial charge in [0.15, 0.2) is 0 Å². The molecule has 1 heterocycles. The number of hydrogen-bond acceptors (Lipinski definition) is 4. The zero-order chi connectivity index (χ0) is 15.4. The highest BCUT2D eigenvalue weighted by Gasteiger charge is 2.20. The third-order valence-electron chi connectivity index (χ3n) is 3.42. The van der Waals surface area contributed by atoms with Gasteiger partial charge in [-0.15, -0.1) is 0 Å². The molecule has 1 amide bonds. The zero-order valence-electron chi connectivity index (χ0n) is 12.7. The maximum Gasteiger partial charge on any atom is 0.245 e. The van der Waals surface area contributed by atoms with E-state index in [9.17, 15) is 4.79 Å². The Bertz CT molecular complexity index is 610. The molecule has 0 spiro atoms. The monoisotopic (exact) mass is 288 g/mol. The van der Waals surface area contributed by atoms with E-state index in [-0.39, 0.29) is 11.9 Å². The summed E-state index contributed by atoms with van der Waals surface area (Å²) in [5.41, 5.74) is 2.08. The van der Waals surface area contributed by atoms with Crippen LogP contribution in [0.5, 0.6) is 5.75 Å². The Morgan fingerprint density at radius 2 is 2.14 bits per heavy atom. The summed E-state index contributed by atoms with van der Waals surface area (Å²) in [6, 6.07) is 5.34. The average molecular weight is 288 g/mol. The van der Waals surface area contributed by atoms with Crippen LogP contribution in [0.15, 0.2) is 30.9 Å². The van der Waals surface area contributed by atoms with Crippen LogP contribution in [0.4, 0.5) is 0 Å². The molecule has 1 aromatic carbocycles. The van der Waals surface area contributed by atoms with Crippen molar-refractivity contribution in [1.82, 2.24) is 20.1 Å². The van der Waals surface area contributed by atoms with Crippen LogP contribution in [0.2, 0.25) is 0 Å². The van der Waals surface area contributed by atoms with E-state index in [1.54, 1.807) is 14.0 Å². The van der Waals surface area contributed by atoms with E-state index in [1.807, 2.05) is 32.0 Å². The molecule has 0 bridgehead atoms. The molecule has 1 N–H and O–H groups in total. The van der Waals surface area contributed by atoms with Crippen LogP contribution >= 0.6 is 0 Å². The van der Waals surface area contributed by atoms with E-state index in [2.05, 4.69) is 15.4 Å². The fourth-order valence-electron chi connectivity index (χ4n) is 2.14. The SMILES string of the molecule is COc1ccc(C)cc1[C@H](C)NC(=O)[C@H](C)n1cncn1. The predicted molar refractivity (Wildman–Crippen MR) is 79.0 cm³/mol. The first-order valence-corrected chi connectivity index (χ1v) is 6.82. The summed E-state index contributed by atoms with van der Waals surface area (Å²) < 4.78 is 6.88. The second kappa shape index (κ2) is 6.39. The lowest BCUT2D eigenvalue weighted by molar-refractivity contribution is -0.124. The number of aromatic nitrogens is 3. The summed E-state index contributed by atoms with van der Waals surface area (Å²) in [6.07, 6.45) is 2.94. The molecule has 112 valence electrons. The Hall–Kier alpha value is -2.37. The van der Waals surface area contributed by atoms with E-state index in [4.69, 9.17) is 4.74 Å². The van der Waals surface area contributed by atoms with Gasteiger partial charge >= 0.3 is 0 Å². The highest BCUT2D eigenvalue weighted by atomic mass is 16.5. The van der Waals surface area contributed by atoms with E-state index < -0.39 is 6.04 Å². The van der Waals surface area contributed by atoms with Crippen LogP contribution in [-0.4, -0.2) is 27.8 Å². The van der Waals surface area contributed by atoms with Gasteiger partial charge < -0.3 is 10.1 Å². The molecule has 0 saturated carbocycles. The van der Waals surface area contributed by atoms with Crippen LogP contribution < -0.4 is 10.1 Å². The largest absolute Gasteiger partial charge is 0.496 e. The van der Waals surface area contributed by atoms with Gasteiger partial charge in [0.2, 0.25) is 5.91 Å². The first-order chi connectivity index (χ1) is 10.0. The topological polar surface area (TPSA) is 69.0 Å². The summed E-state index contributed by atoms with van der Waals surface area (Å²) in [4.78, 5) is 16.1. The minimum Gasteiger partial charge on any atom is -0.496 e. The molecule has 6 heteroatoms. The summed E-state index contributed by atoms with van der Waals surface area (Å²) in [5, 5.41) is 6.96. The summed E-state index contributed by atoms with van der Waals surface area (Å²) >= 11 is 0. The predicted octanol–water partition coefficient (Wildman–Crippen LogP) is 2.03. The van der Waals surface area contributed by atoms with Gasteiger partial charge in [0.05, 0.1) is 13.2 Å². The number of aryl methyl sites for hydroxylation is 1. The first-order valence-electron chi connectivity index (χ1n) is 6.82. The molecule has 0 aliphatic carbocycles. The summed E-state index contributed by atoms with van der Waals surface area (Å²) in [5.74, 6) is 0.651. The number of carbonyl (C=O) groups excluding carboxylic acids is 1. The molecule has 0 unspecified atom stereocenters. The highest BCUT2D eigenvalue weighted by molar-refractivity contribution is 5.80. The molecule has 0 saturated heterocycles. The van der Waals surface area contributed by atoms with Crippen LogP contribution in [0.1, 0.15) is 37.1 Å². The Morgan fingerprint density at radius 1 is 1.38 bits per heavy atom. The lowest BCUT2D eigenvalue weighted by Gasteiger charge is -2.20. The van der Waals surface area contributed by atoms with E-state index >= 15 is 0 Å². The van der Waals surface area contributed by atoms with Crippen molar-refractivity contribution in [3.8, 4) is 5.75 Å². The van der Waals surface area contributed by atoms with Crippen molar-refractivity contribution in [2.24, 2.45) is 0 Å². The van der Waals surface area contributed by atoms with Crippen molar-refractivity contribution in [1.29, 1.82) is 0 Å². The van der Waals surface area contributed by atoms with Gasteiger partial charge in [-0.1, -0.05) is 17.7 Å². The van der Waals surface area contributed by atoms with E-state index in [1.165, 1.54) is 17.3 Å². The Balaban J connectivity index is 2.12. The molecule has 0 aliphatic rings. The van der Waals surface area contributed by atoms with E-state index in [0.717, 1.165) is 16.9 Å². The van der Waals surface area contributed by atoms with Gasteiger partial charge in [-0.2, -0.15) is 5.10 Å². The number of amides is 1. The van der Waals surface area contributed by atoms with Crippen molar-refractivity contribution < 1.29 is 9.53 Å². The van der Waals surface area contributed by atoms with Crippen molar-refractivity contribution >= 4 is 5.91 Å². The molecular weight excluding hydrogens is 268 g/mol. The van der Waals surface area contributed by atoms with Gasteiger partial charge in [0, 0.05) is 5.56 Å². The number of methoxy groups -OCH3 is 1.